The lowest BCUT2D eigenvalue weighted by molar-refractivity contribution is -0.142. The van der Waals surface area contributed by atoms with Crippen molar-refractivity contribution in [2.24, 2.45) is 17.8 Å². The molecule has 2 bridgehead atoms. The van der Waals surface area contributed by atoms with Gasteiger partial charge < -0.3 is 19.3 Å². The molecule has 0 aromatic carbocycles. The molecule has 1 N–H and O–H groups in total. The van der Waals surface area contributed by atoms with E-state index in [0.29, 0.717) is 44.3 Å². The van der Waals surface area contributed by atoms with Crippen LogP contribution in [0.25, 0.3) is 6.08 Å². The number of rotatable bonds is 5. The van der Waals surface area contributed by atoms with E-state index in [1.54, 1.807) is 0 Å². The van der Waals surface area contributed by atoms with Gasteiger partial charge in [-0.2, -0.15) is 0 Å². The molecule has 7 nitrogen and oxygen atoms in total. The molecule has 3 aliphatic heterocycles. The zero-order valence-corrected chi connectivity index (χ0v) is 19.0. The van der Waals surface area contributed by atoms with Gasteiger partial charge in [0.1, 0.15) is 0 Å². The SMILES string of the molecule is C/C=C\c1ccc2n(c1=O)C[C@H]1[C@H](CO)[C@@H](C(=O)N3CCOCC3)[C@@H]2N1CC1CCCC1. The number of carbonyl (C=O) groups excluding carboxylic acids is 1. The summed E-state index contributed by atoms with van der Waals surface area (Å²) in [6.45, 7) is 5.68. The van der Waals surface area contributed by atoms with Crippen LogP contribution < -0.4 is 5.56 Å². The average molecular weight is 442 g/mol. The van der Waals surface area contributed by atoms with Crippen LogP contribution in [0.3, 0.4) is 0 Å². The summed E-state index contributed by atoms with van der Waals surface area (Å²) >= 11 is 0. The molecular weight excluding hydrogens is 406 g/mol. The number of nitrogens with zero attached hydrogens (tertiary/aromatic N) is 3. The molecule has 4 heterocycles. The van der Waals surface area contributed by atoms with E-state index in [2.05, 4.69) is 4.90 Å². The van der Waals surface area contributed by atoms with Crippen LogP contribution in [0.15, 0.2) is 23.0 Å². The van der Waals surface area contributed by atoms with Gasteiger partial charge in [-0.3, -0.25) is 14.5 Å². The summed E-state index contributed by atoms with van der Waals surface area (Å²) in [4.78, 5) is 31.4. The summed E-state index contributed by atoms with van der Waals surface area (Å²) in [5, 5.41) is 10.5. The number of amides is 1. The predicted octanol–water partition coefficient (Wildman–Crippen LogP) is 1.89. The Morgan fingerprint density at radius 2 is 1.97 bits per heavy atom. The predicted molar refractivity (Wildman–Crippen MR) is 122 cm³/mol. The van der Waals surface area contributed by atoms with E-state index in [-0.39, 0.29) is 42.0 Å². The number of aliphatic hydroxyl groups is 1. The minimum atomic E-state index is -0.328. The number of ether oxygens (including phenoxy) is 1. The molecule has 5 rings (SSSR count). The quantitative estimate of drug-likeness (QED) is 0.755. The maximum absolute atomic E-state index is 13.8. The Labute approximate surface area is 189 Å². The molecule has 4 aliphatic rings. The van der Waals surface area contributed by atoms with Gasteiger partial charge in [0.2, 0.25) is 5.91 Å². The second-order valence-electron chi connectivity index (χ2n) is 9.80. The minimum absolute atomic E-state index is 0.00615. The molecule has 4 atom stereocenters. The van der Waals surface area contributed by atoms with Crippen LogP contribution in [0.5, 0.6) is 0 Å². The Bertz CT molecular complexity index is 930. The molecule has 1 aliphatic carbocycles. The van der Waals surface area contributed by atoms with Crippen molar-refractivity contribution in [3.8, 4) is 0 Å². The fourth-order valence-corrected chi connectivity index (χ4v) is 6.56. The molecule has 0 unspecified atom stereocenters. The number of pyridine rings is 1. The molecule has 1 saturated carbocycles. The first kappa shape index (κ1) is 21.9. The number of aliphatic hydroxyl groups excluding tert-OH is 1. The van der Waals surface area contributed by atoms with Crippen LogP contribution in [0.1, 0.15) is 49.9 Å². The lowest BCUT2D eigenvalue weighted by Crippen LogP contribution is -2.48. The van der Waals surface area contributed by atoms with E-state index in [4.69, 9.17) is 4.74 Å². The maximum Gasteiger partial charge on any atom is 0.258 e. The van der Waals surface area contributed by atoms with Gasteiger partial charge in [-0.1, -0.05) is 25.0 Å². The van der Waals surface area contributed by atoms with E-state index in [1.165, 1.54) is 25.7 Å². The van der Waals surface area contributed by atoms with E-state index < -0.39 is 0 Å². The zero-order chi connectivity index (χ0) is 22.2. The number of aromatic nitrogens is 1. The molecule has 0 spiro atoms. The van der Waals surface area contributed by atoms with E-state index in [9.17, 15) is 14.7 Å². The van der Waals surface area contributed by atoms with Crippen molar-refractivity contribution >= 4 is 12.0 Å². The molecule has 0 radical (unpaired) electrons. The third-order valence-electron chi connectivity index (χ3n) is 8.10. The van der Waals surface area contributed by atoms with Crippen LogP contribution in [0.4, 0.5) is 0 Å². The molecule has 1 aromatic rings. The Hall–Kier alpha value is -1.96. The van der Waals surface area contributed by atoms with Gasteiger partial charge in [0.05, 0.1) is 25.2 Å². The Morgan fingerprint density at radius 1 is 1.22 bits per heavy atom. The van der Waals surface area contributed by atoms with Crippen molar-refractivity contribution in [2.75, 3.05) is 39.5 Å². The highest BCUT2D eigenvalue weighted by molar-refractivity contribution is 5.81. The van der Waals surface area contributed by atoms with Gasteiger partial charge in [0.25, 0.3) is 5.56 Å². The molecule has 3 fully saturated rings. The summed E-state index contributed by atoms with van der Waals surface area (Å²) in [6, 6.07) is 3.78. The van der Waals surface area contributed by atoms with Crippen molar-refractivity contribution in [3.05, 3.63) is 39.8 Å². The highest BCUT2D eigenvalue weighted by Crippen LogP contribution is 2.49. The third-order valence-corrected chi connectivity index (χ3v) is 8.10. The maximum atomic E-state index is 13.8. The number of hydrogen-bond acceptors (Lipinski definition) is 5. The standard InChI is InChI=1S/C25H35N3O4/c1-2-5-18-8-9-20-23-22(25(31)26-10-12-32-13-11-26)19(16-29)21(15-28(20)24(18)30)27(23)14-17-6-3-4-7-17/h2,5,8-9,17,19,21-23,29H,3-4,6-7,10-16H2,1H3/b5-2-/t19-,21-,22+,23+/m0/s1. The van der Waals surface area contributed by atoms with Crippen LogP contribution >= 0.6 is 0 Å². The first-order valence-electron chi connectivity index (χ1n) is 12.2. The van der Waals surface area contributed by atoms with Gasteiger partial charge in [0.15, 0.2) is 0 Å². The Kier molecular flexibility index (Phi) is 6.23. The molecule has 32 heavy (non-hydrogen) atoms. The van der Waals surface area contributed by atoms with Crippen molar-refractivity contribution in [1.82, 2.24) is 14.4 Å². The number of fused-ring (bicyclic) bond motifs is 4. The molecule has 1 aromatic heterocycles. The molecule has 1 amide bonds. The van der Waals surface area contributed by atoms with Gasteiger partial charge in [-0.05, 0) is 37.8 Å². The molecule has 7 heteroatoms. The van der Waals surface area contributed by atoms with E-state index >= 15 is 0 Å². The topological polar surface area (TPSA) is 75.0 Å². The van der Waals surface area contributed by atoms with Gasteiger partial charge in [-0.25, -0.2) is 0 Å². The summed E-state index contributed by atoms with van der Waals surface area (Å²) in [6.07, 6.45) is 8.74. The van der Waals surface area contributed by atoms with Crippen LogP contribution in [0, 0.1) is 17.8 Å². The van der Waals surface area contributed by atoms with E-state index in [1.807, 2.05) is 40.7 Å². The van der Waals surface area contributed by atoms with Gasteiger partial charge >= 0.3 is 0 Å². The second kappa shape index (κ2) is 9.12. The minimum Gasteiger partial charge on any atom is -0.396 e. The highest BCUT2D eigenvalue weighted by atomic mass is 16.5. The lowest BCUT2D eigenvalue weighted by Gasteiger charge is -2.40. The van der Waals surface area contributed by atoms with Crippen molar-refractivity contribution in [3.63, 3.8) is 0 Å². The number of allylic oxidation sites excluding steroid dienone is 1. The van der Waals surface area contributed by atoms with E-state index in [0.717, 1.165) is 12.2 Å². The molecule has 2 saturated heterocycles. The van der Waals surface area contributed by atoms with Crippen LogP contribution in [-0.4, -0.2) is 70.9 Å². The fourth-order valence-electron chi connectivity index (χ4n) is 6.56. The zero-order valence-electron chi connectivity index (χ0n) is 19.0. The average Bonchev–Trinajstić information content (AvgIpc) is 3.40. The summed E-state index contributed by atoms with van der Waals surface area (Å²) in [5.41, 5.74) is 1.61. The van der Waals surface area contributed by atoms with Crippen LogP contribution in [0.2, 0.25) is 0 Å². The molecular formula is C25H35N3O4. The third kappa shape index (κ3) is 3.64. The normalized spacial score (nSPS) is 30.9. The van der Waals surface area contributed by atoms with Gasteiger partial charge in [-0.15, -0.1) is 0 Å². The smallest absolute Gasteiger partial charge is 0.258 e. The number of morpholine rings is 1. The lowest BCUT2D eigenvalue weighted by atomic mass is 9.86. The number of carbonyl (C=O) groups is 1. The number of hydrogen-bond donors (Lipinski definition) is 1. The van der Waals surface area contributed by atoms with Crippen molar-refractivity contribution in [2.45, 2.75) is 51.2 Å². The monoisotopic (exact) mass is 441 g/mol. The first-order valence-corrected chi connectivity index (χ1v) is 12.2. The fraction of sp³-hybridized carbons (Fsp3) is 0.680. The summed E-state index contributed by atoms with van der Waals surface area (Å²) in [7, 11) is 0. The Morgan fingerprint density at radius 3 is 2.66 bits per heavy atom. The second-order valence-corrected chi connectivity index (χ2v) is 9.80. The van der Waals surface area contributed by atoms with Crippen molar-refractivity contribution < 1.29 is 14.6 Å². The van der Waals surface area contributed by atoms with Crippen molar-refractivity contribution in [1.29, 1.82) is 0 Å². The first-order chi connectivity index (χ1) is 15.6. The van der Waals surface area contributed by atoms with Gasteiger partial charge in [0, 0.05) is 56.0 Å². The van der Waals surface area contributed by atoms with Crippen LogP contribution in [-0.2, 0) is 16.1 Å². The Balaban J connectivity index is 1.57. The summed E-state index contributed by atoms with van der Waals surface area (Å²) in [5.74, 6) is 0.248. The highest BCUT2D eigenvalue weighted by Gasteiger charge is 2.56. The largest absolute Gasteiger partial charge is 0.396 e. The summed E-state index contributed by atoms with van der Waals surface area (Å²) < 4.78 is 7.34. The molecule has 174 valence electrons.